The number of amides is 1. The molecule has 5 nitrogen and oxygen atoms in total. The Bertz CT molecular complexity index is 664. The lowest BCUT2D eigenvalue weighted by molar-refractivity contribution is 0.0754. The van der Waals surface area contributed by atoms with Crippen LogP contribution in [0.5, 0.6) is 0 Å². The molecule has 0 saturated carbocycles. The third-order valence-corrected chi connectivity index (χ3v) is 5.24. The molecule has 22 heavy (non-hydrogen) atoms. The van der Waals surface area contributed by atoms with Crippen molar-refractivity contribution in [3.05, 3.63) is 28.8 Å². The van der Waals surface area contributed by atoms with E-state index in [1.807, 2.05) is 13.8 Å². The highest BCUT2D eigenvalue weighted by atomic mass is 35.5. The maximum atomic E-state index is 12.4. The second-order valence-electron chi connectivity index (χ2n) is 6.51. The fourth-order valence-electron chi connectivity index (χ4n) is 1.74. The van der Waals surface area contributed by atoms with E-state index in [0.717, 1.165) is 0 Å². The number of sulfonamides is 1. The number of halogens is 1. The van der Waals surface area contributed by atoms with Gasteiger partial charge in [0, 0.05) is 24.2 Å². The molecular weight excluding hydrogens is 324 g/mol. The van der Waals surface area contributed by atoms with Crippen LogP contribution in [0.15, 0.2) is 23.1 Å². The third-order valence-electron chi connectivity index (χ3n) is 3.00. The number of rotatable bonds is 4. The second kappa shape index (κ2) is 6.56. The van der Waals surface area contributed by atoms with Gasteiger partial charge in [-0.05, 0) is 52.8 Å². The molecule has 7 heteroatoms. The Morgan fingerprint density at radius 2 is 1.82 bits per heavy atom. The topological polar surface area (TPSA) is 66.5 Å². The van der Waals surface area contributed by atoms with Crippen LogP contribution in [0.25, 0.3) is 0 Å². The van der Waals surface area contributed by atoms with Crippen LogP contribution in [0, 0.1) is 0 Å². The van der Waals surface area contributed by atoms with Gasteiger partial charge in [0.2, 0.25) is 10.0 Å². The van der Waals surface area contributed by atoms with E-state index in [1.165, 1.54) is 23.1 Å². The fourth-order valence-corrected chi connectivity index (χ4v) is 3.68. The minimum atomic E-state index is -3.80. The lowest BCUT2D eigenvalue weighted by Gasteiger charge is -2.23. The number of benzene rings is 1. The predicted octanol–water partition coefficient (Wildman–Crippen LogP) is 2.90. The van der Waals surface area contributed by atoms with E-state index in [1.54, 1.807) is 27.8 Å². The molecule has 1 rings (SSSR count). The molecule has 124 valence electrons. The average molecular weight is 347 g/mol. The highest BCUT2D eigenvalue weighted by Crippen LogP contribution is 2.24. The van der Waals surface area contributed by atoms with Crippen LogP contribution in [-0.4, -0.2) is 37.9 Å². The highest BCUT2D eigenvalue weighted by Gasteiger charge is 2.26. The van der Waals surface area contributed by atoms with Crippen molar-refractivity contribution in [3.63, 3.8) is 0 Å². The molecule has 0 heterocycles. The number of carbonyl (C=O) groups excluding carboxylic acids is 1. The number of nitrogens with zero attached hydrogens (tertiary/aromatic N) is 1. The molecule has 0 aliphatic carbocycles. The van der Waals surface area contributed by atoms with Gasteiger partial charge in [-0.2, -0.15) is 0 Å². The van der Waals surface area contributed by atoms with Gasteiger partial charge in [0.1, 0.15) is 4.90 Å². The van der Waals surface area contributed by atoms with Gasteiger partial charge < -0.3 is 4.90 Å². The molecule has 0 unspecified atom stereocenters. The molecule has 1 aromatic rings. The first kappa shape index (κ1) is 18.9. The maximum absolute atomic E-state index is 12.4. The Labute approximate surface area is 137 Å². The predicted molar refractivity (Wildman–Crippen MR) is 88.8 cm³/mol. The number of nitrogens with one attached hydrogen (secondary N) is 1. The van der Waals surface area contributed by atoms with Crippen molar-refractivity contribution in [1.29, 1.82) is 0 Å². The van der Waals surface area contributed by atoms with E-state index in [4.69, 9.17) is 11.6 Å². The summed E-state index contributed by atoms with van der Waals surface area (Å²) in [5.41, 5.74) is -0.355. The van der Waals surface area contributed by atoms with Gasteiger partial charge in [-0.25, -0.2) is 13.1 Å². The summed E-state index contributed by atoms with van der Waals surface area (Å²) >= 11 is 6.01. The smallest absolute Gasteiger partial charge is 0.253 e. The SMILES string of the molecule is CC(C)N(C)C(=O)c1ccc(Cl)c(S(=O)(=O)NC(C)(C)C)c1. The lowest BCUT2D eigenvalue weighted by Crippen LogP contribution is -2.40. The molecule has 0 atom stereocenters. The van der Waals surface area contributed by atoms with Crippen molar-refractivity contribution in [3.8, 4) is 0 Å². The first-order valence-corrected chi connectivity index (χ1v) is 8.82. The molecular formula is C15H23ClN2O3S. The fraction of sp³-hybridized carbons (Fsp3) is 0.533. The lowest BCUT2D eigenvalue weighted by atomic mass is 10.1. The first-order valence-electron chi connectivity index (χ1n) is 6.96. The van der Waals surface area contributed by atoms with Crippen LogP contribution >= 0.6 is 11.6 Å². The number of hydrogen-bond acceptors (Lipinski definition) is 3. The summed E-state index contributed by atoms with van der Waals surface area (Å²) in [5, 5.41) is 0.0838. The molecule has 0 aliphatic rings. The van der Waals surface area contributed by atoms with E-state index < -0.39 is 15.6 Å². The minimum Gasteiger partial charge on any atom is -0.339 e. The standard InChI is InChI=1S/C15H23ClN2O3S/c1-10(2)18(6)14(19)11-7-8-12(16)13(9-11)22(20,21)17-15(3,4)5/h7-10,17H,1-6H3. The van der Waals surface area contributed by atoms with Crippen LogP contribution in [0.4, 0.5) is 0 Å². The van der Waals surface area contributed by atoms with Crippen LogP contribution in [0.2, 0.25) is 5.02 Å². The quantitative estimate of drug-likeness (QED) is 0.911. The molecule has 0 fully saturated rings. The summed E-state index contributed by atoms with van der Waals surface area (Å²) in [4.78, 5) is 13.8. The third kappa shape index (κ3) is 4.69. The van der Waals surface area contributed by atoms with E-state index in [-0.39, 0.29) is 27.4 Å². The van der Waals surface area contributed by atoms with E-state index in [0.29, 0.717) is 0 Å². The number of carbonyl (C=O) groups is 1. The van der Waals surface area contributed by atoms with Gasteiger partial charge in [-0.1, -0.05) is 11.6 Å². The molecule has 0 aliphatic heterocycles. The zero-order valence-electron chi connectivity index (χ0n) is 13.8. The molecule has 0 radical (unpaired) electrons. The molecule has 0 spiro atoms. The van der Waals surface area contributed by atoms with Gasteiger partial charge in [-0.15, -0.1) is 0 Å². The Morgan fingerprint density at radius 3 is 2.27 bits per heavy atom. The first-order chi connectivity index (χ1) is 9.85. The van der Waals surface area contributed by atoms with Gasteiger partial charge in [0.15, 0.2) is 0 Å². The Kier molecular flexibility index (Phi) is 5.65. The zero-order chi connectivity index (χ0) is 17.3. The van der Waals surface area contributed by atoms with Crippen LogP contribution < -0.4 is 4.72 Å². The zero-order valence-corrected chi connectivity index (χ0v) is 15.3. The molecule has 1 aromatic carbocycles. The molecule has 1 N–H and O–H groups in total. The number of hydrogen-bond donors (Lipinski definition) is 1. The van der Waals surface area contributed by atoms with Gasteiger partial charge in [0.25, 0.3) is 5.91 Å². The van der Waals surface area contributed by atoms with Crippen molar-refractivity contribution in [1.82, 2.24) is 9.62 Å². The largest absolute Gasteiger partial charge is 0.339 e. The van der Waals surface area contributed by atoms with Crippen molar-refractivity contribution < 1.29 is 13.2 Å². The van der Waals surface area contributed by atoms with Crippen molar-refractivity contribution >= 4 is 27.5 Å². The van der Waals surface area contributed by atoms with E-state index >= 15 is 0 Å². The summed E-state index contributed by atoms with van der Waals surface area (Å²) < 4.78 is 27.4. The Hall–Kier alpha value is -1.11. The van der Waals surface area contributed by atoms with E-state index in [2.05, 4.69) is 4.72 Å². The van der Waals surface area contributed by atoms with Crippen molar-refractivity contribution in [2.75, 3.05) is 7.05 Å². The monoisotopic (exact) mass is 346 g/mol. The molecule has 0 bridgehead atoms. The van der Waals surface area contributed by atoms with E-state index in [9.17, 15) is 13.2 Å². The summed E-state index contributed by atoms with van der Waals surface area (Å²) in [6.45, 7) is 8.97. The average Bonchev–Trinajstić information content (AvgIpc) is 2.34. The minimum absolute atomic E-state index is 0.0101. The normalized spacial score (nSPS) is 12.5. The summed E-state index contributed by atoms with van der Waals surface area (Å²) in [6.07, 6.45) is 0. The van der Waals surface area contributed by atoms with Gasteiger partial charge in [-0.3, -0.25) is 4.79 Å². The summed E-state index contributed by atoms with van der Waals surface area (Å²) in [5.74, 6) is -0.251. The van der Waals surface area contributed by atoms with Crippen LogP contribution in [0.1, 0.15) is 45.0 Å². The molecule has 0 aromatic heterocycles. The van der Waals surface area contributed by atoms with Crippen molar-refractivity contribution in [2.24, 2.45) is 0 Å². The Balaban J connectivity index is 3.29. The molecule has 0 saturated heterocycles. The Morgan fingerprint density at radius 1 is 1.27 bits per heavy atom. The summed E-state index contributed by atoms with van der Waals surface area (Å²) in [6, 6.07) is 4.29. The second-order valence-corrected chi connectivity index (χ2v) is 8.57. The highest BCUT2D eigenvalue weighted by molar-refractivity contribution is 7.89. The van der Waals surface area contributed by atoms with Crippen LogP contribution in [0.3, 0.4) is 0 Å². The van der Waals surface area contributed by atoms with Gasteiger partial charge in [0.05, 0.1) is 5.02 Å². The summed E-state index contributed by atoms with van der Waals surface area (Å²) in [7, 11) is -2.13. The maximum Gasteiger partial charge on any atom is 0.253 e. The van der Waals surface area contributed by atoms with Gasteiger partial charge >= 0.3 is 0 Å². The van der Waals surface area contributed by atoms with Crippen LogP contribution in [-0.2, 0) is 10.0 Å². The molecule has 1 amide bonds. The van der Waals surface area contributed by atoms with Crippen molar-refractivity contribution in [2.45, 2.75) is 51.1 Å².